The summed E-state index contributed by atoms with van der Waals surface area (Å²) in [6.45, 7) is 5.59. The monoisotopic (exact) mass is 295 g/mol. The van der Waals surface area contributed by atoms with Gasteiger partial charge >= 0.3 is 0 Å². The van der Waals surface area contributed by atoms with Gasteiger partial charge < -0.3 is 4.42 Å². The second kappa shape index (κ2) is 5.80. The number of halogens is 1. The fraction of sp³-hybridized carbons (Fsp3) is 0.286. The van der Waals surface area contributed by atoms with Crippen molar-refractivity contribution in [1.82, 2.24) is 4.98 Å². The van der Waals surface area contributed by atoms with E-state index in [2.05, 4.69) is 4.98 Å². The van der Waals surface area contributed by atoms with Gasteiger partial charge in [-0.25, -0.2) is 4.98 Å². The van der Waals surface area contributed by atoms with Crippen molar-refractivity contribution in [2.24, 2.45) is 0 Å². The zero-order chi connectivity index (χ0) is 14.0. The van der Waals surface area contributed by atoms with Gasteiger partial charge in [0, 0.05) is 10.6 Å². The lowest BCUT2D eigenvalue weighted by Crippen LogP contribution is -2.13. The highest BCUT2D eigenvalue weighted by molar-refractivity contribution is 8.00. The average molecular weight is 296 g/mol. The number of benzene rings is 1. The Labute approximate surface area is 121 Å². The van der Waals surface area contributed by atoms with Crippen molar-refractivity contribution in [3.63, 3.8) is 0 Å². The molecule has 0 fully saturated rings. The summed E-state index contributed by atoms with van der Waals surface area (Å²) in [6.07, 6.45) is 0. The topological polar surface area (TPSA) is 43.1 Å². The molecule has 0 spiro atoms. The van der Waals surface area contributed by atoms with Gasteiger partial charge in [-0.05, 0) is 45.0 Å². The number of aromatic nitrogens is 1. The fourth-order valence-corrected chi connectivity index (χ4v) is 2.58. The first kappa shape index (κ1) is 14.2. The molecule has 100 valence electrons. The van der Waals surface area contributed by atoms with Gasteiger partial charge in [0.15, 0.2) is 5.78 Å². The number of carbonyl (C=O) groups is 1. The summed E-state index contributed by atoms with van der Waals surface area (Å²) in [6, 6.07) is 6.89. The van der Waals surface area contributed by atoms with E-state index in [9.17, 15) is 4.79 Å². The van der Waals surface area contributed by atoms with Crippen LogP contribution in [0.25, 0.3) is 0 Å². The van der Waals surface area contributed by atoms with Gasteiger partial charge in [-0.15, -0.1) is 0 Å². The van der Waals surface area contributed by atoms with E-state index in [1.54, 1.807) is 24.3 Å². The van der Waals surface area contributed by atoms with Gasteiger partial charge in [0.05, 0.1) is 10.9 Å². The predicted octanol–water partition coefficient (Wildman–Crippen LogP) is 4.31. The van der Waals surface area contributed by atoms with Crippen molar-refractivity contribution in [3.05, 3.63) is 46.3 Å². The maximum atomic E-state index is 12.2. The van der Waals surface area contributed by atoms with Crippen LogP contribution in [0.1, 0.15) is 28.7 Å². The molecule has 1 atom stereocenters. The molecule has 0 saturated carbocycles. The molecule has 0 amide bonds. The normalized spacial score (nSPS) is 12.4. The minimum Gasteiger partial charge on any atom is -0.437 e. The number of Topliss-reactive ketones (excluding diaryl/α,β-unsaturated/α-hetero) is 1. The lowest BCUT2D eigenvalue weighted by Gasteiger charge is -2.07. The quantitative estimate of drug-likeness (QED) is 0.623. The van der Waals surface area contributed by atoms with Crippen LogP contribution in [-0.4, -0.2) is 16.0 Å². The number of aryl methyl sites for hydroxylation is 2. The first-order chi connectivity index (χ1) is 8.97. The Balaban J connectivity index is 2.09. The van der Waals surface area contributed by atoms with E-state index >= 15 is 0 Å². The van der Waals surface area contributed by atoms with Gasteiger partial charge in [-0.3, -0.25) is 4.79 Å². The highest BCUT2D eigenvalue weighted by Crippen LogP contribution is 2.26. The van der Waals surface area contributed by atoms with Gasteiger partial charge in [-0.2, -0.15) is 0 Å². The number of hydrogen-bond donors (Lipinski definition) is 0. The molecule has 0 radical (unpaired) electrons. The Hall–Kier alpha value is -1.26. The Morgan fingerprint density at radius 3 is 2.47 bits per heavy atom. The van der Waals surface area contributed by atoms with Gasteiger partial charge in [0.2, 0.25) is 0 Å². The van der Waals surface area contributed by atoms with Crippen LogP contribution in [0.2, 0.25) is 5.02 Å². The van der Waals surface area contributed by atoms with Crippen LogP contribution in [0.3, 0.4) is 0 Å². The molecule has 1 heterocycles. The minimum absolute atomic E-state index is 0.0372. The van der Waals surface area contributed by atoms with E-state index in [0.717, 1.165) is 11.5 Å². The van der Waals surface area contributed by atoms with Crippen molar-refractivity contribution >= 4 is 29.1 Å². The van der Waals surface area contributed by atoms with Gasteiger partial charge in [0.1, 0.15) is 5.76 Å². The number of hydrogen-bond acceptors (Lipinski definition) is 4. The lowest BCUT2D eigenvalue weighted by molar-refractivity contribution is 0.0993. The van der Waals surface area contributed by atoms with E-state index in [-0.39, 0.29) is 11.0 Å². The fourth-order valence-electron chi connectivity index (χ4n) is 1.55. The molecule has 0 aliphatic rings. The van der Waals surface area contributed by atoms with Crippen molar-refractivity contribution in [3.8, 4) is 0 Å². The Morgan fingerprint density at radius 2 is 1.95 bits per heavy atom. The maximum Gasteiger partial charge on any atom is 0.256 e. The lowest BCUT2D eigenvalue weighted by atomic mass is 10.1. The third-order valence-electron chi connectivity index (χ3n) is 2.78. The second-order valence-electron chi connectivity index (χ2n) is 4.25. The number of carbonyl (C=O) groups excluding carboxylic acids is 1. The summed E-state index contributed by atoms with van der Waals surface area (Å²) >= 11 is 7.13. The van der Waals surface area contributed by atoms with Crippen LogP contribution in [0.15, 0.2) is 33.9 Å². The van der Waals surface area contributed by atoms with Gasteiger partial charge in [-0.1, -0.05) is 23.4 Å². The zero-order valence-electron chi connectivity index (χ0n) is 10.9. The van der Waals surface area contributed by atoms with Crippen molar-refractivity contribution in [1.29, 1.82) is 0 Å². The molecule has 0 saturated heterocycles. The summed E-state index contributed by atoms with van der Waals surface area (Å²) < 4.78 is 5.47. The average Bonchev–Trinajstić information content (AvgIpc) is 2.68. The standard InChI is InChI=1S/C14H14ClNO2S/c1-8-9(2)18-14(16-8)19-10(3)13(17)11-4-6-12(15)7-5-11/h4-7,10H,1-3H3. The molecule has 0 N–H and O–H groups in total. The number of nitrogens with zero attached hydrogens (tertiary/aromatic N) is 1. The van der Waals surface area contributed by atoms with Crippen molar-refractivity contribution in [2.45, 2.75) is 31.2 Å². The third-order valence-corrected chi connectivity index (χ3v) is 3.98. The molecule has 1 aromatic heterocycles. The SMILES string of the molecule is Cc1nc(SC(C)C(=O)c2ccc(Cl)cc2)oc1C. The van der Waals surface area contributed by atoms with E-state index in [1.807, 2.05) is 20.8 Å². The van der Waals surface area contributed by atoms with Crippen molar-refractivity contribution < 1.29 is 9.21 Å². The van der Waals surface area contributed by atoms with Crippen LogP contribution in [-0.2, 0) is 0 Å². The number of rotatable bonds is 4. The number of thioether (sulfide) groups is 1. The third kappa shape index (κ3) is 3.39. The largest absolute Gasteiger partial charge is 0.437 e. The molecular formula is C14H14ClNO2S. The molecule has 1 unspecified atom stereocenters. The molecule has 0 aliphatic heterocycles. The second-order valence-corrected chi connectivity index (χ2v) is 5.98. The van der Waals surface area contributed by atoms with Crippen LogP contribution < -0.4 is 0 Å². The predicted molar refractivity (Wildman–Crippen MR) is 77.1 cm³/mol. The minimum atomic E-state index is -0.251. The highest BCUT2D eigenvalue weighted by Gasteiger charge is 2.19. The summed E-state index contributed by atoms with van der Waals surface area (Å²) in [5.41, 5.74) is 1.50. The maximum absolute atomic E-state index is 12.2. The number of oxazole rings is 1. The van der Waals surface area contributed by atoms with E-state index in [4.69, 9.17) is 16.0 Å². The Morgan fingerprint density at radius 1 is 1.32 bits per heavy atom. The first-order valence-corrected chi connectivity index (χ1v) is 7.13. The highest BCUT2D eigenvalue weighted by atomic mass is 35.5. The number of ketones is 1. The van der Waals surface area contributed by atoms with Crippen LogP contribution in [0.4, 0.5) is 0 Å². The van der Waals surface area contributed by atoms with Crippen molar-refractivity contribution in [2.75, 3.05) is 0 Å². The Kier molecular flexibility index (Phi) is 4.32. The first-order valence-electron chi connectivity index (χ1n) is 5.88. The van der Waals surface area contributed by atoms with Crippen LogP contribution in [0, 0.1) is 13.8 Å². The molecule has 2 rings (SSSR count). The Bertz CT molecular complexity index is 572. The molecule has 2 aromatic rings. The molecular weight excluding hydrogens is 282 g/mol. The zero-order valence-corrected chi connectivity index (χ0v) is 12.5. The van der Waals surface area contributed by atoms with E-state index < -0.39 is 0 Å². The van der Waals surface area contributed by atoms with Crippen LogP contribution >= 0.6 is 23.4 Å². The van der Waals surface area contributed by atoms with Crippen LogP contribution in [0.5, 0.6) is 0 Å². The van der Waals surface area contributed by atoms with E-state index in [1.165, 1.54) is 11.8 Å². The smallest absolute Gasteiger partial charge is 0.256 e. The van der Waals surface area contributed by atoms with E-state index in [0.29, 0.717) is 15.8 Å². The summed E-state index contributed by atoms with van der Waals surface area (Å²) in [4.78, 5) is 16.5. The summed E-state index contributed by atoms with van der Waals surface area (Å²) in [5, 5.41) is 0.902. The molecule has 0 bridgehead atoms. The molecule has 3 nitrogen and oxygen atoms in total. The molecule has 0 aliphatic carbocycles. The molecule has 5 heteroatoms. The molecule has 19 heavy (non-hydrogen) atoms. The summed E-state index contributed by atoms with van der Waals surface area (Å²) in [5.74, 6) is 0.823. The summed E-state index contributed by atoms with van der Waals surface area (Å²) in [7, 11) is 0. The van der Waals surface area contributed by atoms with Gasteiger partial charge in [0.25, 0.3) is 5.22 Å². The molecule has 1 aromatic carbocycles.